The van der Waals surface area contributed by atoms with Crippen LogP contribution in [0.25, 0.3) is 10.9 Å². The van der Waals surface area contributed by atoms with Crippen molar-refractivity contribution < 1.29 is 4.79 Å². The maximum Gasteiger partial charge on any atom is 0.252 e. The third kappa shape index (κ3) is 3.54. The van der Waals surface area contributed by atoms with Gasteiger partial charge in [-0.15, -0.1) is 0 Å². The Kier molecular flexibility index (Phi) is 5.08. The van der Waals surface area contributed by atoms with Crippen LogP contribution in [0.2, 0.25) is 0 Å². The Morgan fingerprint density at radius 1 is 1.32 bits per heavy atom. The van der Waals surface area contributed by atoms with Gasteiger partial charge in [0, 0.05) is 18.1 Å². The number of nitrogens with zero attached hydrogens (tertiary/aromatic N) is 3. The van der Waals surface area contributed by atoms with E-state index in [1.807, 2.05) is 36.9 Å². The molecule has 1 aromatic carbocycles. The van der Waals surface area contributed by atoms with Crippen LogP contribution in [0.1, 0.15) is 34.2 Å². The van der Waals surface area contributed by atoms with Gasteiger partial charge < -0.3 is 9.88 Å². The second-order valence-electron chi connectivity index (χ2n) is 5.99. The molecule has 0 saturated heterocycles. The average Bonchev–Trinajstić information content (AvgIpc) is 2.98. The summed E-state index contributed by atoms with van der Waals surface area (Å²) in [5.41, 5.74) is 4.54. The number of aromatic nitrogens is 3. The van der Waals surface area contributed by atoms with Crippen molar-refractivity contribution >= 4 is 28.6 Å². The number of nitrogens with one attached hydrogen (secondary N) is 1. The normalized spacial score (nSPS) is 11.0. The van der Waals surface area contributed by atoms with Crippen LogP contribution >= 0.6 is 11.8 Å². The molecule has 3 aromatic rings. The van der Waals surface area contributed by atoms with Gasteiger partial charge in [0.15, 0.2) is 5.16 Å². The quantitative estimate of drug-likeness (QED) is 0.713. The molecule has 0 aliphatic heterocycles. The molecule has 0 fully saturated rings. The standard InChI is InChI=1S/C19H22N4OS/c1-5-13-6-7-17-15(9-13)16(8-12(2)22-17)18(24)20-10-14-11-21-19(25-4)23(14)3/h6-9,11H,5,10H2,1-4H3,(H,20,24). The van der Waals surface area contributed by atoms with Crippen LogP contribution in [0.4, 0.5) is 0 Å². The predicted octanol–water partition coefficient (Wildman–Crippen LogP) is 3.49. The van der Waals surface area contributed by atoms with Crippen molar-refractivity contribution in [1.29, 1.82) is 0 Å². The fourth-order valence-electron chi connectivity index (χ4n) is 2.86. The summed E-state index contributed by atoms with van der Waals surface area (Å²) in [5, 5.41) is 4.85. The fourth-order valence-corrected chi connectivity index (χ4v) is 3.41. The van der Waals surface area contributed by atoms with E-state index in [-0.39, 0.29) is 5.91 Å². The Balaban J connectivity index is 1.89. The lowest BCUT2D eigenvalue weighted by Crippen LogP contribution is -2.24. The van der Waals surface area contributed by atoms with Gasteiger partial charge in [0.05, 0.1) is 29.5 Å². The van der Waals surface area contributed by atoms with Crippen molar-refractivity contribution in [3.63, 3.8) is 0 Å². The minimum absolute atomic E-state index is 0.0874. The molecule has 1 N–H and O–H groups in total. The van der Waals surface area contributed by atoms with Gasteiger partial charge >= 0.3 is 0 Å². The van der Waals surface area contributed by atoms with E-state index in [0.717, 1.165) is 33.9 Å². The van der Waals surface area contributed by atoms with Gasteiger partial charge in [-0.3, -0.25) is 9.78 Å². The summed E-state index contributed by atoms with van der Waals surface area (Å²) in [6.45, 7) is 4.46. The van der Waals surface area contributed by atoms with E-state index in [4.69, 9.17) is 0 Å². The third-order valence-corrected chi connectivity index (χ3v) is 5.05. The number of hydrogen-bond acceptors (Lipinski definition) is 4. The highest BCUT2D eigenvalue weighted by Crippen LogP contribution is 2.21. The van der Waals surface area contributed by atoms with Crippen molar-refractivity contribution in [2.75, 3.05) is 6.26 Å². The minimum Gasteiger partial charge on any atom is -0.346 e. The molecule has 0 saturated carbocycles. The molecule has 0 aliphatic carbocycles. The Morgan fingerprint density at radius 2 is 2.12 bits per heavy atom. The smallest absolute Gasteiger partial charge is 0.252 e. The van der Waals surface area contributed by atoms with E-state index >= 15 is 0 Å². The maximum absolute atomic E-state index is 12.8. The zero-order valence-electron chi connectivity index (χ0n) is 15.0. The van der Waals surface area contributed by atoms with E-state index in [1.165, 1.54) is 5.56 Å². The first-order valence-corrected chi connectivity index (χ1v) is 9.49. The third-order valence-electron chi connectivity index (χ3n) is 4.31. The molecule has 1 amide bonds. The number of fused-ring (bicyclic) bond motifs is 1. The summed E-state index contributed by atoms with van der Waals surface area (Å²) in [6, 6.07) is 7.97. The molecule has 0 bridgehead atoms. The highest BCUT2D eigenvalue weighted by molar-refractivity contribution is 7.98. The molecular formula is C19H22N4OS. The lowest BCUT2D eigenvalue weighted by Gasteiger charge is -2.11. The van der Waals surface area contributed by atoms with Crippen LogP contribution in [0.15, 0.2) is 35.6 Å². The van der Waals surface area contributed by atoms with Crippen molar-refractivity contribution in [2.45, 2.75) is 32.0 Å². The van der Waals surface area contributed by atoms with Crippen LogP contribution in [0.3, 0.4) is 0 Å². The van der Waals surface area contributed by atoms with Crippen LogP contribution in [0, 0.1) is 6.92 Å². The monoisotopic (exact) mass is 354 g/mol. The van der Waals surface area contributed by atoms with Gasteiger partial charge in [0.1, 0.15) is 0 Å². The van der Waals surface area contributed by atoms with Gasteiger partial charge in [-0.1, -0.05) is 24.8 Å². The summed E-state index contributed by atoms with van der Waals surface area (Å²) >= 11 is 1.59. The number of pyridine rings is 1. The molecule has 2 aromatic heterocycles. The van der Waals surface area contributed by atoms with Crippen LogP contribution in [-0.4, -0.2) is 26.7 Å². The highest BCUT2D eigenvalue weighted by atomic mass is 32.2. The first-order valence-electron chi connectivity index (χ1n) is 8.26. The number of hydrogen-bond donors (Lipinski definition) is 1. The zero-order valence-corrected chi connectivity index (χ0v) is 15.8. The molecule has 0 atom stereocenters. The van der Waals surface area contributed by atoms with Crippen LogP contribution < -0.4 is 5.32 Å². The fraction of sp³-hybridized carbons (Fsp3) is 0.316. The Hall–Kier alpha value is -2.34. The largest absolute Gasteiger partial charge is 0.346 e. The molecule has 0 radical (unpaired) electrons. The van der Waals surface area contributed by atoms with E-state index in [2.05, 4.69) is 34.3 Å². The number of benzene rings is 1. The van der Waals surface area contributed by atoms with Gasteiger partial charge in [0.2, 0.25) is 0 Å². The number of thioether (sulfide) groups is 1. The molecule has 25 heavy (non-hydrogen) atoms. The molecular weight excluding hydrogens is 332 g/mol. The summed E-state index contributed by atoms with van der Waals surface area (Å²) in [7, 11) is 1.96. The second kappa shape index (κ2) is 7.27. The number of rotatable bonds is 5. The summed E-state index contributed by atoms with van der Waals surface area (Å²) in [5.74, 6) is -0.0874. The Morgan fingerprint density at radius 3 is 2.80 bits per heavy atom. The zero-order chi connectivity index (χ0) is 18.0. The van der Waals surface area contributed by atoms with Crippen molar-refractivity contribution in [3.8, 4) is 0 Å². The maximum atomic E-state index is 12.8. The molecule has 0 aliphatic rings. The van der Waals surface area contributed by atoms with Crippen molar-refractivity contribution in [2.24, 2.45) is 7.05 Å². The molecule has 2 heterocycles. The van der Waals surface area contributed by atoms with E-state index < -0.39 is 0 Å². The second-order valence-corrected chi connectivity index (χ2v) is 6.77. The number of carbonyl (C=O) groups excluding carboxylic acids is 1. The number of carbonyl (C=O) groups is 1. The number of aryl methyl sites for hydroxylation is 2. The summed E-state index contributed by atoms with van der Waals surface area (Å²) in [4.78, 5) is 21.7. The van der Waals surface area contributed by atoms with Crippen LogP contribution in [-0.2, 0) is 20.0 Å². The van der Waals surface area contributed by atoms with E-state index in [1.54, 1.807) is 18.0 Å². The summed E-state index contributed by atoms with van der Waals surface area (Å²) in [6.07, 6.45) is 4.72. The van der Waals surface area contributed by atoms with Gasteiger partial charge in [-0.2, -0.15) is 0 Å². The van der Waals surface area contributed by atoms with Crippen molar-refractivity contribution in [3.05, 3.63) is 53.0 Å². The van der Waals surface area contributed by atoms with Crippen LogP contribution in [0.5, 0.6) is 0 Å². The predicted molar refractivity (Wildman–Crippen MR) is 102 cm³/mol. The average molecular weight is 354 g/mol. The molecule has 5 nitrogen and oxygen atoms in total. The molecule has 0 spiro atoms. The van der Waals surface area contributed by atoms with E-state index in [0.29, 0.717) is 12.1 Å². The van der Waals surface area contributed by atoms with Gasteiger partial charge in [-0.25, -0.2) is 4.98 Å². The minimum atomic E-state index is -0.0874. The molecule has 3 rings (SSSR count). The topological polar surface area (TPSA) is 59.8 Å². The van der Waals surface area contributed by atoms with E-state index in [9.17, 15) is 4.79 Å². The lowest BCUT2D eigenvalue weighted by molar-refractivity contribution is 0.0951. The first-order chi connectivity index (χ1) is 12.0. The highest BCUT2D eigenvalue weighted by Gasteiger charge is 2.14. The lowest BCUT2D eigenvalue weighted by atomic mass is 10.0. The molecule has 6 heteroatoms. The van der Waals surface area contributed by atoms with Gasteiger partial charge in [0.25, 0.3) is 5.91 Å². The Labute approximate surface area is 151 Å². The van der Waals surface area contributed by atoms with Gasteiger partial charge in [-0.05, 0) is 43.4 Å². The molecule has 0 unspecified atom stereocenters. The SMILES string of the molecule is CCc1ccc2nc(C)cc(C(=O)NCc3cnc(SC)n3C)c2c1. The first kappa shape index (κ1) is 17.5. The summed E-state index contributed by atoms with van der Waals surface area (Å²) < 4.78 is 2.00. The van der Waals surface area contributed by atoms with Crippen molar-refractivity contribution in [1.82, 2.24) is 19.9 Å². The Bertz CT molecular complexity index is 933. The molecule has 130 valence electrons. The number of imidazole rings is 1. The number of amides is 1.